The maximum atomic E-state index is 12.2. The third-order valence-corrected chi connectivity index (χ3v) is 3.84. The molecule has 3 rings (SSSR count). The molecule has 1 amide bonds. The number of hydrogen-bond donors (Lipinski definition) is 1. The lowest BCUT2D eigenvalue weighted by atomic mass is 10.1. The molecule has 124 valence electrons. The zero-order valence-corrected chi connectivity index (χ0v) is 13.7. The molecular formula is C19H19NO4. The molecule has 0 aliphatic carbocycles. The van der Waals surface area contributed by atoms with Crippen molar-refractivity contribution in [3.63, 3.8) is 0 Å². The second-order valence-corrected chi connectivity index (χ2v) is 5.43. The standard InChI is InChI=1S/C19H19NO4/c1-22-15-5-3-4-13(8-15)11-20-19(21)9-14-12-24-18-10-16(23-2)6-7-17(14)18/h3-8,10,12H,9,11H2,1-2H3,(H,20,21). The molecule has 0 spiro atoms. The molecule has 1 aromatic heterocycles. The first kappa shape index (κ1) is 15.9. The molecule has 0 unspecified atom stereocenters. The zero-order valence-electron chi connectivity index (χ0n) is 13.7. The largest absolute Gasteiger partial charge is 0.497 e. The quantitative estimate of drug-likeness (QED) is 0.755. The van der Waals surface area contributed by atoms with Gasteiger partial charge in [-0.25, -0.2) is 0 Å². The normalized spacial score (nSPS) is 10.6. The average Bonchev–Trinajstić information content (AvgIpc) is 3.02. The van der Waals surface area contributed by atoms with Crippen molar-refractivity contribution >= 4 is 16.9 Å². The van der Waals surface area contributed by atoms with Gasteiger partial charge in [0.15, 0.2) is 0 Å². The summed E-state index contributed by atoms with van der Waals surface area (Å²) in [6.07, 6.45) is 1.89. The number of carbonyl (C=O) groups is 1. The molecule has 0 atom stereocenters. The number of benzene rings is 2. The SMILES string of the molecule is COc1cccc(CNC(=O)Cc2coc3cc(OC)ccc23)c1. The Balaban J connectivity index is 1.64. The Kier molecular flexibility index (Phi) is 4.70. The fraction of sp³-hybridized carbons (Fsp3) is 0.211. The monoisotopic (exact) mass is 325 g/mol. The summed E-state index contributed by atoms with van der Waals surface area (Å²) in [6, 6.07) is 13.2. The molecule has 1 heterocycles. The van der Waals surface area contributed by atoms with Crippen molar-refractivity contribution in [2.45, 2.75) is 13.0 Å². The summed E-state index contributed by atoms with van der Waals surface area (Å²) in [5.41, 5.74) is 2.56. The van der Waals surface area contributed by atoms with Crippen molar-refractivity contribution in [1.82, 2.24) is 5.32 Å². The Morgan fingerprint density at radius 2 is 1.88 bits per heavy atom. The molecule has 0 fully saturated rings. The van der Waals surface area contributed by atoms with Crippen LogP contribution in [0.2, 0.25) is 0 Å². The van der Waals surface area contributed by atoms with E-state index >= 15 is 0 Å². The lowest BCUT2D eigenvalue weighted by Crippen LogP contribution is -2.24. The minimum atomic E-state index is -0.0589. The number of methoxy groups -OCH3 is 2. The van der Waals surface area contributed by atoms with Crippen LogP contribution in [0.25, 0.3) is 11.0 Å². The van der Waals surface area contributed by atoms with Crippen molar-refractivity contribution in [3.8, 4) is 11.5 Å². The molecule has 0 saturated carbocycles. The van der Waals surface area contributed by atoms with E-state index in [1.807, 2.05) is 42.5 Å². The van der Waals surface area contributed by atoms with E-state index in [0.717, 1.165) is 28.0 Å². The van der Waals surface area contributed by atoms with Crippen molar-refractivity contribution in [2.24, 2.45) is 0 Å². The maximum absolute atomic E-state index is 12.2. The number of furan rings is 1. The van der Waals surface area contributed by atoms with E-state index in [4.69, 9.17) is 13.9 Å². The Labute approximate surface area is 140 Å². The highest BCUT2D eigenvalue weighted by molar-refractivity contribution is 5.88. The van der Waals surface area contributed by atoms with Gasteiger partial charge in [-0.3, -0.25) is 4.79 Å². The molecule has 1 N–H and O–H groups in total. The van der Waals surface area contributed by atoms with Crippen molar-refractivity contribution in [3.05, 3.63) is 59.9 Å². The first-order valence-corrected chi connectivity index (χ1v) is 7.63. The summed E-state index contributed by atoms with van der Waals surface area (Å²) in [7, 11) is 3.23. The van der Waals surface area contributed by atoms with E-state index < -0.39 is 0 Å². The third kappa shape index (κ3) is 3.51. The summed E-state index contributed by atoms with van der Waals surface area (Å²) in [6.45, 7) is 0.458. The molecule has 0 aliphatic rings. The van der Waals surface area contributed by atoms with Crippen LogP contribution in [0, 0.1) is 0 Å². The lowest BCUT2D eigenvalue weighted by molar-refractivity contribution is -0.120. The topological polar surface area (TPSA) is 60.7 Å². The van der Waals surface area contributed by atoms with Crippen LogP contribution in [-0.4, -0.2) is 20.1 Å². The average molecular weight is 325 g/mol. The number of hydrogen-bond acceptors (Lipinski definition) is 4. The molecule has 2 aromatic carbocycles. The Morgan fingerprint density at radius 1 is 1.08 bits per heavy atom. The van der Waals surface area contributed by atoms with Gasteiger partial charge in [0.1, 0.15) is 17.1 Å². The van der Waals surface area contributed by atoms with Crippen LogP contribution >= 0.6 is 0 Å². The van der Waals surface area contributed by atoms with Crippen molar-refractivity contribution < 1.29 is 18.7 Å². The molecule has 5 nitrogen and oxygen atoms in total. The molecule has 0 radical (unpaired) electrons. The van der Waals surface area contributed by atoms with Gasteiger partial charge in [0.2, 0.25) is 5.91 Å². The molecular weight excluding hydrogens is 306 g/mol. The number of fused-ring (bicyclic) bond motifs is 1. The van der Waals surface area contributed by atoms with E-state index in [1.165, 1.54) is 0 Å². The van der Waals surface area contributed by atoms with Crippen molar-refractivity contribution in [1.29, 1.82) is 0 Å². The fourth-order valence-corrected chi connectivity index (χ4v) is 2.55. The van der Waals surface area contributed by atoms with E-state index in [-0.39, 0.29) is 12.3 Å². The van der Waals surface area contributed by atoms with Gasteiger partial charge in [0.05, 0.1) is 26.9 Å². The number of nitrogens with one attached hydrogen (secondary N) is 1. The van der Waals surface area contributed by atoms with Crippen LogP contribution in [0.1, 0.15) is 11.1 Å². The van der Waals surface area contributed by atoms with E-state index in [0.29, 0.717) is 12.1 Å². The van der Waals surface area contributed by atoms with Gasteiger partial charge in [-0.2, -0.15) is 0 Å². The lowest BCUT2D eigenvalue weighted by Gasteiger charge is -2.06. The molecule has 0 aliphatic heterocycles. The van der Waals surface area contributed by atoms with Gasteiger partial charge in [-0.1, -0.05) is 12.1 Å². The van der Waals surface area contributed by atoms with Crippen LogP contribution in [0.4, 0.5) is 0 Å². The number of rotatable bonds is 6. The molecule has 0 saturated heterocycles. The summed E-state index contributed by atoms with van der Waals surface area (Å²) in [4.78, 5) is 12.2. The van der Waals surface area contributed by atoms with E-state index in [2.05, 4.69) is 5.32 Å². The fourth-order valence-electron chi connectivity index (χ4n) is 2.55. The van der Waals surface area contributed by atoms with Crippen LogP contribution in [0.3, 0.4) is 0 Å². The van der Waals surface area contributed by atoms with Gasteiger partial charge in [0, 0.05) is 23.6 Å². The highest BCUT2D eigenvalue weighted by atomic mass is 16.5. The number of carbonyl (C=O) groups excluding carboxylic acids is 1. The van der Waals surface area contributed by atoms with Crippen LogP contribution in [0.15, 0.2) is 53.1 Å². The summed E-state index contributed by atoms with van der Waals surface area (Å²) in [5, 5.41) is 3.84. The van der Waals surface area contributed by atoms with Gasteiger partial charge in [-0.05, 0) is 29.8 Å². The minimum absolute atomic E-state index is 0.0589. The molecule has 0 bridgehead atoms. The first-order chi connectivity index (χ1) is 11.7. The van der Waals surface area contributed by atoms with Gasteiger partial charge >= 0.3 is 0 Å². The number of ether oxygens (including phenoxy) is 2. The zero-order chi connectivity index (χ0) is 16.9. The predicted molar refractivity (Wildman–Crippen MR) is 91.3 cm³/mol. The highest BCUT2D eigenvalue weighted by Crippen LogP contribution is 2.25. The Morgan fingerprint density at radius 3 is 2.67 bits per heavy atom. The molecule has 5 heteroatoms. The minimum Gasteiger partial charge on any atom is -0.497 e. The molecule has 3 aromatic rings. The highest BCUT2D eigenvalue weighted by Gasteiger charge is 2.11. The second-order valence-electron chi connectivity index (χ2n) is 5.43. The van der Waals surface area contributed by atoms with Gasteiger partial charge in [-0.15, -0.1) is 0 Å². The second kappa shape index (κ2) is 7.08. The van der Waals surface area contributed by atoms with E-state index in [9.17, 15) is 4.79 Å². The molecule has 24 heavy (non-hydrogen) atoms. The number of amides is 1. The van der Waals surface area contributed by atoms with Crippen LogP contribution < -0.4 is 14.8 Å². The summed E-state index contributed by atoms with van der Waals surface area (Å²) >= 11 is 0. The Hall–Kier alpha value is -2.95. The summed E-state index contributed by atoms with van der Waals surface area (Å²) < 4.78 is 15.9. The maximum Gasteiger partial charge on any atom is 0.224 e. The van der Waals surface area contributed by atoms with Crippen LogP contribution in [0.5, 0.6) is 11.5 Å². The Bertz CT molecular complexity index is 853. The van der Waals surface area contributed by atoms with Gasteiger partial charge < -0.3 is 19.2 Å². The van der Waals surface area contributed by atoms with Crippen LogP contribution in [-0.2, 0) is 17.8 Å². The predicted octanol–water partition coefficient (Wildman–Crippen LogP) is 3.31. The smallest absolute Gasteiger partial charge is 0.224 e. The summed E-state index contributed by atoms with van der Waals surface area (Å²) in [5.74, 6) is 1.44. The van der Waals surface area contributed by atoms with Gasteiger partial charge in [0.25, 0.3) is 0 Å². The third-order valence-electron chi connectivity index (χ3n) is 3.84. The first-order valence-electron chi connectivity index (χ1n) is 7.63. The van der Waals surface area contributed by atoms with Crippen molar-refractivity contribution in [2.75, 3.05) is 14.2 Å². The van der Waals surface area contributed by atoms with E-state index in [1.54, 1.807) is 20.5 Å².